The molecule has 4 heterocycles. The van der Waals surface area contributed by atoms with Gasteiger partial charge in [0.25, 0.3) is 11.3 Å². The van der Waals surface area contributed by atoms with Gasteiger partial charge in [0.05, 0.1) is 10.9 Å². The van der Waals surface area contributed by atoms with Crippen LogP contribution in [-0.2, 0) is 6.42 Å². The fourth-order valence-electron chi connectivity index (χ4n) is 2.93. The van der Waals surface area contributed by atoms with E-state index in [0.29, 0.717) is 11.2 Å². The highest BCUT2D eigenvalue weighted by Crippen LogP contribution is 2.11. The number of pyridine rings is 1. The highest BCUT2D eigenvalue weighted by molar-refractivity contribution is 5.78. The maximum Gasteiger partial charge on any atom is 0.280 e. The average molecular weight is 313 g/mol. The molecular formula is C15H19N7O. The topological polar surface area (TPSA) is 71.6 Å². The second-order valence-electron chi connectivity index (χ2n) is 5.87. The molecule has 8 heteroatoms. The summed E-state index contributed by atoms with van der Waals surface area (Å²) in [6.07, 6.45) is 4.17. The van der Waals surface area contributed by atoms with E-state index < -0.39 is 0 Å². The van der Waals surface area contributed by atoms with Gasteiger partial charge in [-0.05, 0) is 13.1 Å². The lowest BCUT2D eigenvalue weighted by atomic mass is 10.3. The Morgan fingerprint density at radius 2 is 2.00 bits per heavy atom. The highest BCUT2D eigenvalue weighted by atomic mass is 16.1. The molecule has 120 valence electrons. The van der Waals surface area contributed by atoms with E-state index in [9.17, 15) is 4.79 Å². The Kier molecular flexibility index (Phi) is 3.26. The summed E-state index contributed by atoms with van der Waals surface area (Å²) in [5.41, 5.74) is 0.688. The van der Waals surface area contributed by atoms with Crippen LogP contribution in [0.5, 0.6) is 0 Å². The SMILES string of the molecule is CCc1nc2ncc3c(=O)n(N4CCN(C)CC4)ccc3n2n1. The minimum absolute atomic E-state index is 0.0602. The van der Waals surface area contributed by atoms with Crippen LogP contribution in [0.3, 0.4) is 0 Å². The number of likely N-dealkylation sites (N-methyl/N-ethyl adjacent to an activating group) is 1. The van der Waals surface area contributed by atoms with Gasteiger partial charge in [-0.3, -0.25) is 4.79 Å². The normalized spacial score (nSPS) is 16.5. The average Bonchev–Trinajstić information content (AvgIpc) is 3.00. The van der Waals surface area contributed by atoms with Crippen molar-refractivity contribution in [1.29, 1.82) is 0 Å². The number of rotatable bonds is 2. The fraction of sp³-hybridized carbons (Fsp3) is 0.467. The maximum atomic E-state index is 12.8. The van der Waals surface area contributed by atoms with Crippen molar-refractivity contribution in [2.45, 2.75) is 13.3 Å². The Balaban J connectivity index is 1.85. The van der Waals surface area contributed by atoms with Crippen molar-refractivity contribution in [2.24, 2.45) is 0 Å². The highest BCUT2D eigenvalue weighted by Gasteiger charge is 2.17. The predicted molar refractivity (Wildman–Crippen MR) is 87.4 cm³/mol. The molecule has 0 aromatic carbocycles. The van der Waals surface area contributed by atoms with E-state index in [4.69, 9.17) is 0 Å². The standard InChI is InChI=1S/C15H19N7O/c1-3-13-17-15-16-10-11-12(22(15)18-13)4-5-21(14(11)23)20-8-6-19(2)7-9-20/h4-5,10H,3,6-9H2,1-2H3. The van der Waals surface area contributed by atoms with Crippen LogP contribution in [0.4, 0.5) is 0 Å². The molecular weight excluding hydrogens is 294 g/mol. The second kappa shape index (κ2) is 5.31. The summed E-state index contributed by atoms with van der Waals surface area (Å²) >= 11 is 0. The van der Waals surface area contributed by atoms with Gasteiger partial charge >= 0.3 is 0 Å². The molecule has 0 radical (unpaired) electrons. The van der Waals surface area contributed by atoms with E-state index in [1.54, 1.807) is 15.4 Å². The first-order valence-corrected chi connectivity index (χ1v) is 7.87. The van der Waals surface area contributed by atoms with Crippen LogP contribution < -0.4 is 10.6 Å². The molecule has 1 saturated heterocycles. The van der Waals surface area contributed by atoms with Crippen LogP contribution in [0, 0.1) is 0 Å². The Morgan fingerprint density at radius 3 is 2.74 bits per heavy atom. The summed E-state index contributed by atoms with van der Waals surface area (Å²) in [5.74, 6) is 1.26. The molecule has 0 saturated carbocycles. The summed E-state index contributed by atoms with van der Waals surface area (Å²) in [6, 6.07) is 1.91. The van der Waals surface area contributed by atoms with E-state index in [2.05, 4.69) is 32.0 Å². The molecule has 8 nitrogen and oxygen atoms in total. The van der Waals surface area contributed by atoms with E-state index in [-0.39, 0.29) is 5.56 Å². The predicted octanol–water partition coefficient (Wildman–Crippen LogP) is -0.115. The van der Waals surface area contributed by atoms with Crippen molar-refractivity contribution in [3.63, 3.8) is 0 Å². The van der Waals surface area contributed by atoms with Crippen LogP contribution in [0.15, 0.2) is 23.3 Å². The van der Waals surface area contributed by atoms with Crippen LogP contribution in [-0.4, -0.2) is 62.4 Å². The Hall–Kier alpha value is -2.48. The summed E-state index contributed by atoms with van der Waals surface area (Å²) < 4.78 is 3.35. The molecule has 3 aromatic rings. The number of nitrogens with zero attached hydrogens (tertiary/aromatic N) is 7. The van der Waals surface area contributed by atoms with Crippen LogP contribution in [0.2, 0.25) is 0 Å². The van der Waals surface area contributed by atoms with E-state index in [0.717, 1.165) is 43.9 Å². The smallest absolute Gasteiger partial charge is 0.280 e. The first-order valence-electron chi connectivity index (χ1n) is 7.87. The largest absolute Gasteiger partial charge is 0.308 e. The van der Waals surface area contributed by atoms with Gasteiger partial charge in [0.2, 0.25) is 0 Å². The van der Waals surface area contributed by atoms with Crippen molar-refractivity contribution in [2.75, 3.05) is 38.2 Å². The van der Waals surface area contributed by atoms with Gasteiger partial charge in [-0.2, -0.15) is 9.50 Å². The summed E-state index contributed by atoms with van der Waals surface area (Å²) in [4.78, 5) is 23.7. The van der Waals surface area contributed by atoms with Crippen LogP contribution >= 0.6 is 0 Å². The van der Waals surface area contributed by atoms with Crippen LogP contribution in [0.25, 0.3) is 16.7 Å². The maximum absolute atomic E-state index is 12.8. The Labute approximate surface area is 132 Å². The Morgan fingerprint density at radius 1 is 1.22 bits per heavy atom. The monoisotopic (exact) mass is 313 g/mol. The summed E-state index contributed by atoms with van der Waals surface area (Å²) in [5, 5.41) is 7.06. The fourth-order valence-corrected chi connectivity index (χ4v) is 2.93. The molecule has 0 atom stereocenters. The number of aryl methyl sites for hydroxylation is 1. The van der Waals surface area contributed by atoms with Crippen molar-refractivity contribution >= 4 is 16.7 Å². The van der Waals surface area contributed by atoms with Gasteiger partial charge in [0, 0.05) is 45.0 Å². The number of aromatic nitrogens is 5. The van der Waals surface area contributed by atoms with E-state index in [1.807, 2.05) is 19.2 Å². The minimum atomic E-state index is -0.0602. The second-order valence-corrected chi connectivity index (χ2v) is 5.87. The molecule has 1 fully saturated rings. The van der Waals surface area contributed by atoms with Crippen molar-refractivity contribution < 1.29 is 0 Å². The third-order valence-corrected chi connectivity index (χ3v) is 4.36. The molecule has 1 aliphatic heterocycles. The first kappa shape index (κ1) is 14.1. The first-order chi connectivity index (χ1) is 11.2. The molecule has 23 heavy (non-hydrogen) atoms. The van der Waals surface area contributed by atoms with Crippen molar-refractivity contribution in [1.82, 2.24) is 29.2 Å². The van der Waals surface area contributed by atoms with Gasteiger partial charge in [-0.15, -0.1) is 5.10 Å². The lowest BCUT2D eigenvalue weighted by Gasteiger charge is -2.34. The minimum Gasteiger partial charge on any atom is -0.308 e. The van der Waals surface area contributed by atoms with Gasteiger partial charge in [0.15, 0.2) is 5.82 Å². The van der Waals surface area contributed by atoms with Gasteiger partial charge in [0.1, 0.15) is 0 Å². The molecule has 0 spiro atoms. The molecule has 3 aromatic heterocycles. The molecule has 0 aliphatic carbocycles. The molecule has 4 rings (SSSR count). The molecule has 0 bridgehead atoms. The number of hydrogen-bond donors (Lipinski definition) is 0. The van der Waals surface area contributed by atoms with E-state index >= 15 is 0 Å². The summed E-state index contributed by atoms with van der Waals surface area (Å²) in [6.45, 7) is 5.56. The number of piperazine rings is 1. The summed E-state index contributed by atoms with van der Waals surface area (Å²) in [7, 11) is 2.09. The number of hydrogen-bond acceptors (Lipinski definition) is 6. The third kappa shape index (κ3) is 2.26. The molecule has 0 unspecified atom stereocenters. The zero-order chi connectivity index (χ0) is 16.0. The van der Waals surface area contributed by atoms with E-state index in [1.165, 1.54) is 0 Å². The van der Waals surface area contributed by atoms with Crippen molar-refractivity contribution in [3.8, 4) is 0 Å². The van der Waals surface area contributed by atoms with Gasteiger partial charge < -0.3 is 9.91 Å². The molecule has 1 aliphatic rings. The third-order valence-electron chi connectivity index (χ3n) is 4.36. The number of fused-ring (bicyclic) bond motifs is 3. The Bertz CT molecular complexity index is 921. The van der Waals surface area contributed by atoms with Crippen LogP contribution in [0.1, 0.15) is 12.7 Å². The molecule has 0 N–H and O–H groups in total. The van der Waals surface area contributed by atoms with Crippen molar-refractivity contribution in [3.05, 3.63) is 34.6 Å². The lowest BCUT2D eigenvalue weighted by molar-refractivity contribution is 0.286. The van der Waals surface area contributed by atoms with Gasteiger partial charge in [-0.25, -0.2) is 9.66 Å². The molecule has 0 amide bonds. The zero-order valence-electron chi connectivity index (χ0n) is 13.3. The quantitative estimate of drug-likeness (QED) is 0.657. The lowest BCUT2D eigenvalue weighted by Crippen LogP contribution is -2.52. The zero-order valence-corrected chi connectivity index (χ0v) is 13.3. The van der Waals surface area contributed by atoms with Gasteiger partial charge in [-0.1, -0.05) is 6.92 Å².